The number of aliphatic carboxylic acids is 1. The Morgan fingerprint density at radius 2 is 1.86 bits per heavy atom. The maximum absolute atomic E-state index is 11.1. The zero-order chi connectivity index (χ0) is 11.5. The van der Waals surface area contributed by atoms with Crippen molar-refractivity contribution in [1.82, 2.24) is 0 Å². The zero-order valence-corrected chi connectivity index (χ0v) is 8.96. The van der Waals surface area contributed by atoms with Crippen molar-refractivity contribution in [3.63, 3.8) is 0 Å². The highest BCUT2D eigenvalue weighted by atomic mass is 16.5. The Bertz CT molecular complexity index is 265. The first-order valence-electron chi connectivity index (χ1n) is 4.29. The monoisotopic (exact) mass is 200 g/mol. The van der Waals surface area contributed by atoms with Gasteiger partial charge in [-0.3, -0.25) is 4.79 Å². The predicted octanol–water partition coefficient (Wildman–Crippen LogP) is 1.60. The normalized spacial score (nSPS) is 13.1. The van der Waals surface area contributed by atoms with Gasteiger partial charge in [-0.2, -0.15) is 0 Å². The van der Waals surface area contributed by atoms with Crippen LogP contribution in [0.4, 0.5) is 0 Å². The van der Waals surface area contributed by atoms with Crippen molar-refractivity contribution in [2.45, 2.75) is 33.8 Å². The molecule has 1 unspecified atom stereocenters. The summed E-state index contributed by atoms with van der Waals surface area (Å²) in [6.07, 6.45) is -0.691. The molecule has 0 bridgehead atoms. The summed E-state index contributed by atoms with van der Waals surface area (Å²) in [5.41, 5.74) is -0.830. The minimum atomic E-state index is -1.09. The summed E-state index contributed by atoms with van der Waals surface area (Å²) in [4.78, 5) is 21.9. The van der Waals surface area contributed by atoms with Crippen LogP contribution in [0.25, 0.3) is 0 Å². The molecule has 0 radical (unpaired) electrons. The van der Waals surface area contributed by atoms with E-state index in [-0.39, 0.29) is 5.57 Å². The molecular formula is C10H16O4. The maximum atomic E-state index is 11.1. The van der Waals surface area contributed by atoms with E-state index in [1.54, 1.807) is 6.92 Å². The average molecular weight is 200 g/mol. The van der Waals surface area contributed by atoms with E-state index in [1.807, 2.05) is 0 Å². The van der Waals surface area contributed by atoms with Crippen LogP contribution in [-0.4, -0.2) is 23.1 Å². The molecule has 0 rings (SSSR count). The molecule has 4 heteroatoms. The van der Waals surface area contributed by atoms with E-state index in [1.165, 1.54) is 20.8 Å². The lowest BCUT2D eigenvalue weighted by Crippen LogP contribution is -2.38. The summed E-state index contributed by atoms with van der Waals surface area (Å²) in [6.45, 7) is 9.49. The molecular weight excluding hydrogens is 184 g/mol. The first-order chi connectivity index (χ1) is 6.19. The minimum Gasteiger partial charge on any atom is -0.481 e. The number of carboxylic acids is 1. The van der Waals surface area contributed by atoms with Crippen LogP contribution in [0, 0.1) is 5.41 Å². The van der Waals surface area contributed by atoms with Crippen LogP contribution >= 0.6 is 0 Å². The van der Waals surface area contributed by atoms with Crippen molar-refractivity contribution >= 4 is 11.9 Å². The Labute approximate surface area is 83.6 Å². The van der Waals surface area contributed by atoms with E-state index in [2.05, 4.69) is 6.58 Å². The van der Waals surface area contributed by atoms with Gasteiger partial charge in [0.25, 0.3) is 0 Å². The van der Waals surface area contributed by atoms with Crippen LogP contribution < -0.4 is 0 Å². The molecule has 80 valence electrons. The lowest BCUT2D eigenvalue weighted by molar-refractivity contribution is -0.162. The van der Waals surface area contributed by atoms with Gasteiger partial charge in [-0.1, -0.05) is 6.58 Å². The summed E-state index contributed by atoms with van der Waals surface area (Å²) >= 11 is 0. The standard InChI is InChI=1S/C10H16O4/c1-6(2)8(11)14-7(3)10(4,5)9(12)13/h7H,1H2,2-5H3,(H,12,13). The lowest BCUT2D eigenvalue weighted by atomic mass is 9.87. The van der Waals surface area contributed by atoms with Crippen molar-refractivity contribution in [1.29, 1.82) is 0 Å². The van der Waals surface area contributed by atoms with Gasteiger partial charge >= 0.3 is 11.9 Å². The van der Waals surface area contributed by atoms with Crippen LogP contribution in [0.3, 0.4) is 0 Å². The molecule has 14 heavy (non-hydrogen) atoms. The molecule has 0 aromatic rings. The molecule has 0 fully saturated rings. The number of ether oxygens (including phenoxy) is 1. The SMILES string of the molecule is C=C(C)C(=O)OC(C)C(C)(C)C(=O)O. The third-order valence-corrected chi connectivity index (χ3v) is 2.20. The van der Waals surface area contributed by atoms with Crippen LogP contribution in [-0.2, 0) is 14.3 Å². The molecule has 0 aromatic carbocycles. The summed E-state index contributed by atoms with van der Waals surface area (Å²) in [7, 11) is 0. The third kappa shape index (κ3) is 2.87. The summed E-state index contributed by atoms with van der Waals surface area (Å²) in [6, 6.07) is 0. The second-order valence-electron chi connectivity index (χ2n) is 3.85. The molecule has 0 aliphatic carbocycles. The highest BCUT2D eigenvalue weighted by molar-refractivity contribution is 5.87. The van der Waals surface area contributed by atoms with Crippen LogP contribution in [0.2, 0.25) is 0 Å². The van der Waals surface area contributed by atoms with Gasteiger partial charge in [0, 0.05) is 5.57 Å². The first kappa shape index (κ1) is 12.7. The fraction of sp³-hybridized carbons (Fsp3) is 0.600. The molecule has 0 amide bonds. The summed E-state index contributed by atoms with van der Waals surface area (Å²) < 4.78 is 4.92. The summed E-state index contributed by atoms with van der Waals surface area (Å²) in [5.74, 6) is -1.56. The van der Waals surface area contributed by atoms with E-state index in [4.69, 9.17) is 9.84 Å². The van der Waals surface area contributed by atoms with Crippen LogP contribution in [0.15, 0.2) is 12.2 Å². The predicted molar refractivity (Wildman–Crippen MR) is 51.8 cm³/mol. The molecule has 0 saturated heterocycles. The third-order valence-electron chi connectivity index (χ3n) is 2.20. The molecule has 0 aliphatic heterocycles. The lowest BCUT2D eigenvalue weighted by Gasteiger charge is -2.26. The number of carbonyl (C=O) groups excluding carboxylic acids is 1. The van der Waals surface area contributed by atoms with Gasteiger partial charge in [0.05, 0.1) is 5.41 Å². The van der Waals surface area contributed by atoms with Gasteiger partial charge in [-0.05, 0) is 27.7 Å². The molecule has 0 heterocycles. The van der Waals surface area contributed by atoms with E-state index >= 15 is 0 Å². The molecule has 0 aromatic heterocycles. The molecule has 1 N–H and O–H groups in total. The van der Waals surface area contributed by atoms with E-state index in [0.29, 0.717) is 0 Å². The van der Waals surface area contributed by atoms with E-state index < -0.39 is 23.5 Å². The minimum absolute atomic E-state index is 0.262. The number of hydrogen-bond acceptors (Lipinski definition) is 3. The number of carbonyl (C=O) groups is 2. The fourth-order valence-electron chi connectivity index (χ4n) is 0.582. The number of rotatable bonds is 4. The van der Waals surface area contributed by atoms with Crippen LogP contribution in [0.1, 0.15) is 27.7 Å². The van der Waals surface area contributed by atoms with Crippen molar-refractivity contribution in [2.75, 3.05) is 0 Å². The summed E-state index contributed by atoms with van der Waals surface area (Å²) in [5, 5.41) is 8.85. The van der Waals surface area contributed by atoms with Crippen molar-refractivity contribution in [2.24, 2.45) is 5.41 Å². The Hall–Kier alpha value is -1.32. The van der Waals surface area contributed by atoms with E-state index in [0.717, 1.165) is 0 Å². The molecule has 1 atom stereocenters. The zero-order valence-electron chi connectivity index (χ0n) is 8.96. The van der Waals surface area contributed by atoms with Gasteiger partial charge in [-0.25, -0.2) is 4.79 Å². The van der Waals surface area contributed by atoms with Gasteiger partial charge in [0.1, 0.15) is 6.10 Å². The second kappa shape index (κ2) is 4.26. The average Bonchev–Trinajstić information content (AvgIpc) is 2.03. The van der Waals surface area contributed by atoms with Crippen molar-refractivity contribution in [3.8, 4) is 0 Å². The Morgan fingerprint density at radius 1 is 1.43 bits per heavy atom. The van der Waals surface area contributed by atoms with Gasteiger partial charge < -0.3 is 9.84 Å². The highest BCUT2D eigenvalue weighted by Crippen LogP contribution is 2.23. The Balaban J connectivity index is 4.49. The second-order valence-corrected chi connectivity index (χ2v) is 3.85. The van der Waals surface area contributed by atoms with E-state index in [9.17, 15) is 9.59 Å². The van der Waals surface area contributed by atoms with Crippen LogP contribution in [0.5, 0.6) is 0 Å². The number of esters is 1. The molecule has 0 saturated carbocycles. The largest absolute Gasteiger partial charge is 0.481 e. The van der Waals surface area contributed by atoms with Gasteiger partial charge in [-0.15, -0.1) is 0 Å². The molecule has 0 aliphatic rings. The number of carboxylic acid groups (broad SMARTS) is 1. The fourth-order valence-corrected chi connectivity index (χ4v) is 0.582. The quantitative estimate of drug-likeness (QED) is 0.553. The highest BCUT2D eigenvalue weighted by Gasteiger charge is 2.36. The smallest absolute Gasteiger partial charge is 0.333 e. The van der Waals surface area contributed by atoms with Crippen molar-refractivity contribution < 1.29 is 19.4 Å². The van der Waals surface area contributed by atoms with Gasteiger partial charge in [0.2, 0.25) is 0 Å². The Kier molecular flexibility index (Phi) is 3.86. The first-order valence-corrected chi connectivity index (χ1v) is 4.29. The number of hydrogen-bond donors (Lipinski definition) is 1. The topological polar surface area (TPSA) is 63.6 Å². The molecule has 4 nitrogen and oxygen atoms in total. The Morgan fingerprint density at radius 3 is 2.14 bits per heavy atom. The van der Waals surface area contributed by atoms with Crippen molar-refractivity contribution in [3.05, 3.63) is 12.2 Å². The van der Waals surface area contributed by atoms with Gasteiger partial charge in [0.15, 0.2) is 0 Å². The molecule has 0 spiro atoms. The maximum Gasteiger partial charge on any atom is 0.333 e.